The van der Waals surface area contributed by atoms with Crippen molar-refractivity contribution >= 4 is 43.4 Å². The van der Waals surface area contributed by atoms with Crippen molar-refractivity contribution in [1.82, 2.24) is 9.97 Å². The third kappa shape index (κ3) is 3.18. The van der Waals surface area contributed by atoms with Gasteiger partial charge in [0.1, 0.15) is 10.7 Å². The molecule has 0 saturated heterocycles. The van der Waals surface area contributed by atoms with Crippen LogP contribution >= 0.6 is 27.5 Å². The molecule has 5 nitrogen and oxygen atoms in total. The first-order valence-electron chi connectivity index (χ1n) is 4.72. The van der Waals surface area contributed by atoms with Crippen LogP contribution in [0.15, 0.2) is 46.2 Å². The van der Waals surface area contributed by atoms with Gasteiger partial charge in [-0.3, -0.25) is 9.71 Å². The normalized spacial score (nSPS) is 11.2. The van der Waals surface area contributed by atoms with E-state index in [4.69, 9.17) is 11.6 Å². The van der Waals surface area contributed by atoms with Gasteiger partial charge in [0.25, 0.3) is 10.0 Å². The van der Waals surface area contributed by atoms with Crippen LogP contribution in [0.25, 0.3) is 0 Å². The lowest BCUT2D eigenvalue weighted by Crippen LogP contribution is -2.14. The largest absolute Gasteiger partial charge is 0.264 e. The molecule has 0 spiro atoms. The Bertz CT molecular complexity index is 678. The van der Waals surface area contributed by atoms with Crippen LogP contribution < -0.4 is 4.72 Å². The number of hydrogen-bond donors (Lipinski definition) is 1. The van der Waals surface area contributed by atoms with Crippen molar-refractivity contribution in [2.24, 2.45) is 0 Å². The van der Waals surface area contributed by atoms with Crippen molar-refractivity contribution < 1.29 is 8.42 Å². The number of anilines is 1. The SMILES string of the molecule is O=S(=O)(Nc1cc(Cl)ccn1)c1cncc(Br)c1. The number of nitrogens with one attached hydrogen (secondary N) is 1. The van der Waals surface area contributed by atoms with Crippen LogP contribution in [0, 0.1) is 0 Å². The quantitative estimate of drug-likeness (QED) is 0.925. The van der Waals surface area contributed by atoms with Crippen LogP contribution in [0.4, 0.5) is 5.82 Å². The minimum atomic E-state index is -3.72. The van der Waals surface area contributed by atoms with E-state index in [-0.39, 0.29) is 10.7 Å². The van der Waals surface area contributed by atoms with Gasteiger partial charge in [-0.2, -0.15) is 0 Å². The van der Waals surface area contributed by atoms with Crippen molar-refractivity contribution in [1.29, 1.82) is 0 Å². The van der Waals surface area contributed by atoms with Crippen LogP contribution in [0.2, 0.25) is 5.02 Å². The summed E-state index contributed by atoms with van der Waals surface area (Å²) in [6.07, 6.45) is 4.16. The number of aromatic nitrogens is 2. The molecule has 2 aromatic rings. The van der Waals surface area contributed by atoms with E-state index in [1.54, 1.807) is 6.07 Å². The van der Waals surface area contributed by atoms with Gasteiger partial charge < -0.3 is 0 Å². The fraction of sp³-hybridized carbons (Fsp3) is 0. The molecule has 0 amide bonds. The molecule has 0 unspecified atom stereocenters. The van der Waals surface area contributed by atoms with E-state index in [2.05, 4.69) is 30.6 Å². The average molecular weight is 349 g/mol. The van der Waals surface area contributed by atoms with Crippen molar-refractivity contribution in [2.45, 2.75) is 4.90 Å². The van der Waals surface area contributed by atoms with Gasteiger partial charge in [-0.15, -0.1) is 0 Å². The summed E-state index contributed by atoms with van der Waals surface area (Å²) in [6.45, 7) is 0. The number of hydrogen-bond acceptors (Lipinski definition) is 4. The highest BCUT2D eigenvalue weighted by Crippen LogP contribution is 2.18. The lowest BCUT2D eigenvalue weighted by molar-refractivity contribution is 0.600. The minimum Gasteiger partial charge on any atom is -0.263 e. The van der Waals surface area contributed by atoms with Gasteiger partial charge in [0.2, 0.25) is 0 Å². The average Bonchev–Trinajstić information content (AvgIpc) is 2.28. The third-order valence-corrected chi connectivity index (χ3v) is 3.94. The topological polar surface area (TPSA) is 72.0 Å². The van der Waals surface area contributed by atoms with Gasteiger partial charge >= 0.3 is 0 Å². The van der Waals surface area contributed by atoms with E-state index in [0.29, 0.717) is 9.50 Å². The van der Waals surface area contributed by atoms with Crippen molar-refractivity contribution in [3.8, 4) is 0 Å². The molecule has 1 N–H and O–H groups in total. The second kappa shape index (κ2) is 5.21. The maximum atomic E-state index is 12.0. The van der Waals surface area contributed by atoms with Gasteiger partial charge in [0.15, 0.2) is 0 Å². The zero-order valence-electron chi connectivity index (χ0n) is 8.84. The van der Waals surface area contributed by atoms with E-state index in [1.165, 1.54) is 30.7 Å². The smallest absolute Gasteiger partial charge is 0.263 e. The first-order valence-corrected chi connectivity index (χ1v) is 7.38. The summed E-state index contributed by atoms with van der Waals surface area (Å²) in [5, 5.41) is 0.398. The summed E-state index contributed by atoms with van der Waals surface area (Å²) in [4.78, 5) is 7.70. The van der Waals surface area contributed by atoms with Gasteiger partial charge in [-0.1, -0.05) is 11.6 Å². The number of rotatable bonds is 3. The Labute approximate surface area is 117 Å². The molecule has 0 aromatic carbocycles. The first kappa shape index (κ1) is 13.3. The van der Waals surface area contributed by atoms with Crippen LogP contribution in [0.3, 0.4) is 0 Å². The molecule has 0 aliphatic heterocycles. The van der Waals surface area contributed by atoms with Crippen molar-refractivity contribution in [2.75, 3.05) is 4.72 Å². The molecule has 94 valence electrons. The molecule has 0 atom stereocenters. The van der Waals surface area contributed by atoms with E-state index < -0.39 is 10.0 Å². The molecule has 0 saturated carbocycles. The fourth-order valence-corrected chi connectivity index (χ4v) is 2.86. The van der Waals surface area contributed by atoms with Gasteiger partial charge in [-0.05, 0) is 28.1 Å². The van der Waals surface area contributed by atoms with E-state index in [0.717, 1.165) is 0 Å². The summed E-state index contributed by atoms with van der Waals surface area (Å²) in [7, 11) is -3.72. The zero-order chi connectivity index (χ0) is 13.2. The Hall–Kier alpha value is -1.18. The van der Waals surface area contributed by atoms with Crippen LogP contribution in [-0.2, 0) is 10.0 Å². The molecule has 2 heterocycles. The van der Waals surface area contributed by atoms with Crippen molar-refractivity contribution in [3.63, 3.8) is 0 Å². The molecule has 2 aromatic heterocycles. The summed E-state index contributed by atoms with van der Waals surface area (Å²) in [5.74, 6) is 0.155. The zero-order valence-corrected chi connectivity index (χ0v) is 12.0. The van der Waals surface area contributed by atoms with Gasteiger partial charge in [-0.25, -0.2) is 13.4 Å². The lowest BCUT2D eigenvalue weighted by Gasteiger charge is -2.07. The van der Waals surface area contributed by atoms with Crippen molar-refractivity contribution in [3.05, 3.63) is 46.3 Å². The minimum absolute atomic E-state index is 0.0404. The number of pyridine rings is 2. The number of halogens is 2. The lowest BCUT2D eigenvalue weighted by atomic mass is 10.5. The number of nitrogens with zero attached hydrogens (tertiary/aromatic N) is 2. The summed E-state index contributed by atoms with van der Waals surface area (Å²) < 4.78 is 26.9. The Kier molecular flexibility index (Phi) is 3.84. The van der Waals surface area contributed by atoms with Crippen LogP contribution in [0.5, 0.6) is 0 Å². The van der Waals surface area contributed by atoms with Gasteiger partial charge in [0, 0.05) is 34.2 Å². The molecule has 0 aliphatic carbocycles. The Morgan fingerprint density at radius 2 is 2.06 bits per heavy atom. The van der Waals surface area contributed by atoms with Gasteiger partial charge in [0.05, 0.1) is 0 Å². The number of sulfonamides is 1. The highest BCUT2D eigenvalue weighted by atomic mass is 79.9. The third-order valence-electron chi connectivity index (χ3n) is 1.95. The van der Waals surface area contributed by atoms with E-state index in [9.17, 15) is 8.42 Å². The monoisotopic (exact) mass is 347 g/mol. The fourth-order valence-electron chi connectivity index (χ4n) is 1.20. The molecule has 0 radical (unpaired) electrons. The summed E-state index contributed by atoms with van der Waals surface area (Å²) >= 11 is 8.91. The highest BCUT2D eigenvalue weighted by Gasteiger charge is 2.15. The molecule has 0 fully saturated rings. The standard InChI is InChI=1S/C10H7BrClN3O2S/c11-7-3-9(6-13-5-7)18(16,17)15-10-4-8(12)1-2-14-10/h1-6H,(H,14,15). The first-order chi connectivity index (χ1) is 8.47. The molecular weight excluding hydrogens is 342 g/mol. The highest BCUT2D eigenvalue weighted by molar-refractivity contribution is 9.10. The van der Waals surface area contributed by atoms with E-state index >= 15 is 0 Å². The second-order valence-corrected chi connectivity index (χ2v) is 6.34. The molecule has 0 aliphatic rings. The Morgan fingerprint density at radius 1 is 1.28 bits per heavy atom. The van der Waals surface area contributed by atoms with Crippen LogP contribution in [0.1, 0.15) is 0 Å². The summed E-state index contributed by atoms with van der Waals surface area (Å²) in [5.41, 5.74) is 0. The predicted octanol–water partition coefficient (Wildman–Crippen LogP) is 2.69. The molecule has 8 heteroatoms. The second-order valence-electron chi connectivity index (χ2n) is 3.30. The Morgan fingerprint density at radius 3 is 2.72 bits per heavy atom. The molecule has 18 heavy (non-hydrogen) atoms. The molecular formula is C10H7BrClN3O2S. The maximum absolute atomic E-state index is 12.0. The summed E-state index contributed by atoms with van der Waals surface area (Å²) in [6, 6.07) is 4.42. The van der Waals surface area contributed by atoms with E-state index in [1.807, 2.05) is 0 Å². The molecule has 2 rings (SSSR count). The maximum Gasteiger partial charge on any atom is 0.264 e. The Balaban J connectivity index is 2.33. The molecule has 0 bridgehead atoms. The van der Waals surface area contributed by atoms with Crippen LogP contribution in [-0.4, -0.2) is 18.4 Å². The predicted molar refractivity (Wildman–Crippen MR) is 72.0 cm³/mol.